The van der Waals surface area contributed by atoms with Crippen LogP contribution in [-0.4, -0.2) is 41.5 Å². The third-order valence-corrected chi connectivity index (χ3v) is 5.68. The van der Waals surface area contributed by atoms with Crippen molar-refractivity contribution in [2.75, 3.05) is 37.3 Å². The molecule has 4 rings (SSSR count). The number of nitrogen functional groups attached to an aromatic ring is 1. The van der Waals surface area contributed by atoms with E-state index in [4.69, 9.17) is 5.73 Å². The Kier molecular flexibility index (Phi) is 3.68. The average molecular weight is 323 g/mol. The standard InChI is InChI=1S/C19H25N5/c1-12-6-4-5-7-15(12)17-16-11-24(10-14(16)9-23(17)3)19-21-8-13(2)18(20)22-19/h4-8,14,16-17H,9-11H2,1-3H3,(H2,20,21,22)/t14-,16+,17+/m0/s1. The lowest BCUT2D eigenvalue weighted by Gasteiger charge is -2.28. The molecule has 0 unspecified atom stereocenters. The molecule has 0 saturated carbocycles. The maximum absolute atomic E-state index is 5.98. The zero-order valence-electron chi connectivity index (χ0n) is 14.6. The van der Waals surface area contributed by atoms with Gasteiger partial charge in [-0.2, -0.15) is 4.98 Å². The van der Waals surface area contributed by atoms with E-state index in [2.05, 4.69) is 58.0 Å². The molecule has 2 aliphatic heterocycles. The van der Waals surface area contributed by atoms with Crippen molar-refractivity contribution in [1.29, 1.82) is 0 Å². The van der Waals surface area contributed by atoms with E-state index >= 15 is 0 Å². The van der Waals surface area contributed by atoms with E-state index in [1.807, 2.05) is 13.1 Å². The topological polar surface area (TPSA) is 58.3 Å². The summed E-state index contributed by atoms with van der Waals surface area (Å²) in [7, 11) is 2.25. The van der Waals surface area contributed by atoms with Gasteiger partial charge in [-0.05, 0) is 37.9 Å². The Labute approximate surface area is 143 Å². The molecule has 2 aromatic rings. The molecule has 2 saturated heterocycles. The van der Waals surface area contributed by atoms with Gasteiger partial charge in [0, 0.05) is 43.4 Å². The normalized spacial score (nSPS) is 26.8. The van der Waals surface area contributed by atoms with Crippen LogP contribution in [0.25, 0.3) is 0 Å². The Morgan fingerprint density at radius 1 is 1.08 bits per heavy atom. The predicted molar refractivity (Wildman–Crippen MR) is 96.9 cm³/mol. The highest BCUT2D eigenvalue weighted by Gasteiger charge is 2.47. The highest BCUT2D eigenvalue weighted by atomic mass is 15.3. The van der Waals surface area contributed by atoms with Crippen LogP contribution >= 0.6 is 0 Å². The van der Waals surface area contributed by atoms with E-state index in [9.17, 15) is 0 Å². The number of aromatic nitrogens is 2. The van der Waals surface area contributed by atoms with Crippen molar-refractivity contribution < 1.29 is 0 Å². The van der Waals surface area contributed by atoms with Gasteiger partial charge in [0.05, 0.1) is 0 Å². The number of nitrogens with zero attached hydrogens (tertiary/aromatic N) is 4. The first kappa shape index (κ1) is 15.4. The van der Waals surface area contributed by atoms with E-state index in [0.717, 1.165) is 31.1 Å². The minimum Gasteiger partial charge on any atom is -0.383 e. The Morgan fingerprint density at radius 2 is 1.88 bits per heavy atom. The summed E-state index contributed by atoms with van der Waals surface area (Å²) < 4.78 is 0. The van der Waals surface area contributed by atoms with Crippen LogP contribution in [0.4, 0.5) is 11.8 Å². The third-order valence-electron chi connectivity index (χ3n) is 5.68. The number of aryl methyl sites for hydroxylation is 2. The molecule has 3 heterocycles. The minimum absolute atomic E-state index is 0.476. The molecule has 0 spiro atoms. The van der Waals surface area contributed by atoms with Crippen molar-refractivity contribution in [1.82, 2.24) is 14.9 Å². The van der Waals surface area contributed by atoms with Crippen molar-refractivity contribution in [3.05, 3.63) is 47.2 Å². The number of rotatable bonds is 2. The van der Waals surface area contributed by atoms with E-state index in [-0.39, 0.29) is 0 Å². The molecular formula is C19H25N5. The molecule has 5 heteroatoms. The van der Waals surface area contributed by atoms with Crippen molar-refractivity contribution in [2.45, 2.75) is 19.9 Å². The molecule has 0 bridgehead atoms. The van der Waals surface area contributed by atoms with E-state index in [0.29, 0.717) is 23.7 Å². The third kappa shape index (κ3) is 2.44. The van der Waals surface area contributed by atoms with Crippen LogP contribution in [0.1, 0.15) is 22.7 Å². The van der Waals surface area contributed by atoms with Crippen LogP contribution in [0.3, 0.4) is 0 Å². The van der Waals surface area contributed by atoms with Crippen LogP contribution in [0.5, 0.6) is 0 Å². The lowest BCUT2D eigenvalue weighted by Crippen LogP contribution is -2.30. The average Bonchev–Trinajstić information content (AvgIpc) is 3.08. The molecule has 0 amide bonds. The second-order valence-corrected chi connectivity index (χ2v) is 7.31. The first-order valence-electron chi connectivity index (χ1n) is 8.64. The molecule has 2 N–H and O–H groups in total. The summed E-state index contributed by atoms with van der Waals surface area (Å²) in [6.07, 6.45) is 1.83. The Balaban J connectivity index is 1.61. The molecule has 2 aliphatic rings. The van der Waals surface area contributed by atoms with Gasteiger partial charge in [0.2, 0.25) is 5.95 Å². The molecule has 0 aliphatic carbocycles. The maximum Gasteiger partial charge on any atom is 0.227 e. The Hall–Kier alpha value is -2.14. The van der Waals surface area contributed by atoms with Crippen molar-refractivity contribution in [2.24, 2.45) is 11.8 Å². The summed E-state index contributed by atoms with van der Waals surface area (Å²) >= 11 is 0. The molecule has 0 radical (unpaired) electrons. The first-order chi connectivity index (χ1) is 11.5. The fourth-order valence-electron chi connectivity index (χ4n) is 4.41. The summed E-state index contributed by atoms with van der Waals surface area (Å²) in [6, 6.07) is 9.24. The fraction of sp³-hybridized carbons (Fsp3) is 0.474. The van der Waals surface area contributed by atoms with Gasteiger partial charge in [0.25, 0.3) is 0 Å². The zero-order chi connectivity index (χ0) is 16.8. The number of anilines is 2. The van der Waals surface area contributed by atoms with Gasteiger partial charge in [-0.3, -0.25) is 4.90 Å². The molecular weight excluding hydrogens is 298 g/mol. The van der Waals surface area contributed by atoms with Crippen LogP contribution < -0.4 is 10.6 Å². The van der Waals surface area contributed by atoms with Crippen LogP contribution in [0.2, 0.25) is 0 Å². The van der Waals surface area contributed by atoms with Crippen LogP contribution in [-0.2, 0) is 0 Å². The van der Waals surface area contributed by atoms with Gasteiger partial charge in [-0.15, -0.1) is 0 Å². The number of likely N-dealkylation sites (tertiary alicyclic amines) is 1. The number of fused-ring (bicyclic) bond motifs is 1. The molecule has 1 aromatic heterocycles. The first-order valence-corrected chi connectivity index (χ1v) is 8.64. The van der Waals surface area contributed by atoms with Crippen molar-refractivity contribution in [3.8, 4) is 0 Å². The molecule has 24 heavy (non-hydrogen) atoms. The van der Waals surface area contributed by atoms with E-state index in [1.165, 1.54) is 11.1 Å². The maximum atomic E-state index is 5.98. The summed E-state index contributed by atoms with van der Waals surface area (Å²) in [4.78, 5) is 13.8. The summed E-state index contributed by atoms with van der Waals surface area (Å²) in [5, 5.41) is 0. The Morgan fingerprint density at radius 3 is 2.62 bits per heavy atom. The molecule has 3 atom stereocenters. The second kappa shape index (κ2) is 5.74. The van der Waals surface area contributed by atoms with Crippen LogP contribution in [0.15, 0.2) is 30.5 Å². The van der Waals surface area contributed by atoms with Gasteiger partial charge < -0.3 is 10.6 Å². The monoisotopic (exact) mass is 323 g/mol. The number of nitrogens with two attached hydrogens (primary N) is 1. The molecule has 5 nitrogen and oxygen atoms in total. The second-order valence-electron chi connectivity index (χ2n) is 7.31. The van der Waals surface area contributed by atoms with Gasteiger partial charge in [0.1, 0.15) is 5.82 Å². The van der Waals surface area contributed by atoms with Gasteiger partial charge in [0.15, 0.2) is 0 Å². The number of hydrogen-bond acceptors (Lipinski definition) is 5. The lowest BCUT2D eigenvalue weighted by atomic mass is 9.88. The summed E-state index contributed by atoms with van der Waals surface area (Å²) in [5.74, 6) is 2.64. The van der Waals surface area contributed by atoms with Crippen molar-refractivity contribution >= 4 is 11.8 Å². The summed E-state index contributed by atoms with van der Waals surface area (Å²) in [6.45, 7) is 7.30. The molecule has 1 aromatic carbocycles. The van der Waals surface area contributed by atoms with Gasteiger partial charge in [-0.25, -0.2) is 4.98 Å². The number of benzene rings is 1. The SMILES string of the molecule is Cc1ccccc1[C@@H]1[C@@H]2CN(c3ncc(C)c(N)n3)C[C@@H]2CN1C. The van der Waals surface area contributed by atoms with Crippen LogP contribution in [0, 0.1) is 25.7 Å². The Bertz CT molecular complexity index is 759. The van der Waals surface area contributed by atoms with Gasteiger partial charge >= 0.3 is 0 Å². The molecule has 2 fully saturated rings. The molecule has 126 valence electrons. The lowest BCUT2D eigenvalue weighted by molar-refractivity contribution is 0.278. The number of hydrogen-bond donors (Lipinski definition) is 1. The van der Waals surface area contributed by atoms with Crippen molar-refractivity contribution in [3.63, 3.8) is 0 Å². The quantitative estimate of drug-likeness (QED) is 0.920. The van der Waals surface area contributed by atoms with E-state index in [1.54, 1.807) is 0 Å². The fourth-order valence-corrected chi connectivity index (χ4v) is 4.41. The van der Waals surface area contributed by atoms with Gasteiger partial charge in [-0.1, -0.05) is 24.3 Å². The smallest absolute Gasteiger partial charge is 0.227 e. The largest absolute Gasteiger partial charge is 0.383 e. The highest BCUT2D eigenvalue weighted by Crippen LogP contribution is 2.45. The zero-order valence-corrected chi connectivity index (χ0v) is 14.6. The van der Waals surface area contributed by atoms with E-state index < -0.39 is 0 Å². The minimum atomic E-state index is 0.476. The summed E-state index contributed by atoms with van der Waals surface area (Å²) in [5.41, 5.74) is 9.75. The predicted octanol–water partition coefficient (Wildman–Crippen LogP) is 2.41. The highest BCUT2D eigenvalue weighted by molar-refractivity contribution is 5.45.